The number of hydrogen-bond donors (Lipinski definition) is 0. The summed E-state index contributed by atoms with van der Waals surface area (Å²) < 4.78 is 45.6. The van der Waals surface area contributed by atoms with Gasteiger partial charge in [-0.1, -0.05) is 18.2 Å². The molecule has 0 spiro atoms. The topological polar surface area (TPSA) is 29.5 Å². The van der Waals surface area contributed by atoms with Crippen LogP contribution < -0.4 is 4.74 Å². The van der Waals surface area contributed by atoms with Gasteiger partial charge in [0.2, 0.25) is 5.91 Å². The third-order valence-corrected chi connectivity index (χ3v) is 4.07. The number of para-hydroxylation sites is 1. The number of ether oxygens (including phenoxy) is 1. The van der Waals surface area contributed by atoms with Crippen molar-refractivity contribution in [2.45, 2.75) is 31.8 Å². The fourth-order valence-corrected chi connectivity index (χ4v) is 2.59. The molecule has 0 saturated heterocycles. The van der Waals surface area contributed by atoms with Gasteiger partial charge in [-0.05, 0) is 31.0 Å². The molecule has 0 radical (unpaired) electrons. The lowest BCUT2D eigenvalue weighted by atomic mass is 10.2. The van der Waals surface area contributed by atoms with E-state index >= 15 is 0 Å². The lowest BCUT2D eigenvalue weighted by Gasteiger charge is -2.23. The maximum Gasteiger partial charge on any atom is 0.226 e. The van der Waals surface area contributed by atoms with E-state index in [1.807, 2.05) is 0 Å². The summed E-state index contributed by atoms with van der Waals surface area (Å²) >= 11 is 0. The maximum absolute atomic E-state index is 13.8. The number of halogens is 3. The molecule has 132 valence electrons. The van der Waals surface area contributed by atoms with Crippen LogP contribution in [0.2, 0.25) is 0 Å². The molecule has 0 aromatic heterocycles. The Morgan fingerprint density at radius 2 is 1.84 bits per heavy atom. The van der Waals surface area contributed by atoms with Gasteiger partial charge in [-0.2, -0.15) is 0 Å². The van der Waals surface area contributed by atoms with E-state index in [1.165, 1.54) is 24.3 Å². The van der Waals surface area contributed by atoms with Gasteiger partial charge in [-0.25, -0.2) is 13.2 Å². The summed E-state index contributed by atoms with van der Waals surface area (Å²) in [7, 11) is 0. The molecule has 0 N–H and O–H groups in total. The van der Waals surface area contributed by atoms with Crippen LogP contribution in [0.15, 0.2) is 42.5 Å². The molecule has 0 atom stereocenters. The highest BCUT2D eigenvalue weighted by atomic mass is 19.1. The van der Waals surface area contributed by atoms with Gasteiger partial charge in [0.15, 0.2) is 11.6 Å². The van der Waals surface area contributed by atoms with Gasteiger partial charge in [0.1, 0.15) is 11.6 Å². The predicted octanol–water partition coefficient (Wildman–Crippen LogP) is 4.06. The Bertz CT molecular complexity index is 762. The highest BCUT2D eigenvalue weighted by molar-refractivity contribution is 5.77. The number of hydrogen-bond acceptors (Lipinski definition) is 2. The summed E-state index contributed by atoms with van der Waals surface area (Å²) in [6.45, 7) is 0.129. The van der Waals surface area contributed by atoms with Gasteiger partial charge in [0, 0.05) is 24.2 Å². The van der Waals surface area contributed by atoms with Crippen LogP contribution in [0.3, 0.4) is 0 Å². The van der Waals surface area contributed by atoms with Gasteiger partial charge < -0.3 is 9.64 Å². The van der Waals surface area contributed by atoms with Crippen molar-refractivity contribution in [3.63, 3.8) is 0 Å². The van der Waals surface area contributed by atoms with Crippen molar-refractivity contribution in [2.75, 3.05) is 6.61 Å². The summed E-state index contributed by atoms with van der Waals surface area (Å²) in [5, 5.41) is 0. The first-order chi connectivity index (χ1) is 12.0. The van der Waals surface area contributed by atoms with Crippen molar-refractivity contribution in [3.05, 3.63) is 65.5 Å². The van der Waals surface area contributed by atoms with Gasteiger partial charge in [0.05, 0.1) is 13.0 Å². The first-order valence-corrected chi connectivity index (χ1v) is 8.15. The molecule has 2 aromatic rings. The van der Waals surface area contributed by atoms with Crippen LogP contribution >= 0.6 is 0 Å². The molecule has 1 aliphatic rings. The average Bonchev–Trinajstić information content (AvgIpc) is 3.40. The predicted molar refractivity (Wildman–Crippen MR) is 86.4 cm³/mol. The van der Waals surface area contributed by atoms with Crippen LogP contribution in [0.4, 0.5) is 13.2 Å². The molecule has 0 bridgehead atoms. The second-order valence-electron chi connectivity index (χ2n) is 6.02. The average molecular weight is 349 g/mol. The van der Waals surface area contributed by atoms with Crippen molar-refractivity contribution >= 4 is 5.91 Å². The van der Waals surface area contributed by atoms with Crippen LogP contribution in [0.5, 0.6) is 5.75 Å². The molecule has 0 heterocycles. The van der Waals surface area contributed by atoms with E-state index < -0.39 is 17.5 Å². The van der Waals surface area contributed by atoms with Crippen molar-refractivity contribution in [1.29, 1.82) is 0 Å². The lowest BCUT2D eigenvalue weighted by Crippen LogP contribution is -2.33. The van der Waals surface area contributed by atoms with Crippen molar-refractivity contribution in [3.8, 4) is 5.75 Å². The van der Waals surface area contributed by atoms with E-state index in [1.54, 1.807) is 17.0 Å². The molecule has 6 heteroatoms. The highest BCUT2D eigenvalue weighted by Gasteiger charge is 2.32. The van der Waals surface area contributed by atoms with E-state index in [4.69, 9.17) is 4.74 Å². The molecule has 3 rings (SSSR count). The van der Waals surface area contributed by atoms with Crippen molar-refractivity contribution < 1.29 is 22.7 Å². The van der Waals surface area contributed by atoms with E-state index in [9.17, 15) is 18.0 Å². The Hall–Kier alpha value is -2.50. The molecule has 0 aliphatic heterocycles. The van der Waals surface area contributed by atoms with E-state index in [-0.39, 0.29) is 42.8 Å². The van der Waals surface area contributed by atoms with Crippen LogP contribution in [0.25, 0.3) is 0 Å². The zero-order valence-corrected chi connectivity index (χ0v) is 13.6. The summed E-state index contributed by atoms with van der Waals surface area (Å²) in [5.74, 6) is -1.90. The lowest BCUT2D eigenvalue weighted by molar-refractivity contribution is -0.133. The number of amides is 1. The minimum atomic E-state index is -0.666. The molecular formula is C19H18F3NO2. The first kappa shape index (κ1) is 17.3. The number of nitrogens with zero attached hydrogens (tertiary/aromatic N) is 1. The number of rotatable bonds is 7. The standard InChI is InChI=1S/C19H18F3NO2/c20-14-6-5-13(17(22)11-14)12-23(15-7-8-15)19(24)9-10-25-18-4-2-1-3-16(18)21/h1-6,11,15H,7-10,12H2. The Kier molecular flexibility index (Phi) is 5.26. The summed E-state index contributed by atoms with van der Waals surface area (Å²) in [6.07, 6.45) is 1.79. The normalized spacial score (nSPS) is 13.6. The Balaban J connectivity index is 1.59. The second kappa shape index (κ2) is 7.59. The molecule has 1 aliphatic carbocycles. The van der Waals surface area contributed by atoms with Crippen LogP contribution in [-0.4, -0.2) is 23.5 Å². The first-order valence-electron chi connectivity index (χ1n) is 8.15. The molecular weight excluding hydrogens is 331 g/mol. The van der Waals surface area contributed by atoms with Crippen LogP contribution in [0.1, 0.15) is 24.8 Å². The van der Waals surface area contributed by atoms with Gasteiger partial charge in [-0.15, -0.1) is 0 Å². The number of benzene rings is 2. The minimum absolute atomic E-state index is 0.0366. The van der Waals surface area contributed by atoms with Crippen molar-refractivity contribution in [2.24, 2.45) is 0 Å². The second-order valence-corrected chi connectivity index (χ2v) is 6.02. The smallest absolute Gasteiger partial charge is 0.226 e. The maximum atomic E-state index is 13.8. The fraction of sp³-hybridized carbons (Fsp3) is 0.316. The number of carbonyl (C=O) groups is 1. The minimum Gasteiger partial charge on any atom is -0.490 e. The highest BCUT2D eigenvalue weighted by Crippen LogP contribution is 2.29. The van der Waals surface area contributed by atoms with Crippen LogP contribution in [-0.2, 0) is 11.3 Å². The molecule has 1 amide bonds. The van der Waals surface area contributed by atoms with Gasteiger partial charge >= 0.3 is 0 Å². The summed E-state index contributed by atoms with van der Waals surface area (Å²) in [5.41, 5.74) is 0.275. The zero-order chi connectivity index (χ0) is 17.8. The Morgan fingerprint density at radius 3 is 2.52 bits per heavy atom. The third-order valence-electron chi connectivity index (χ3n) is 4.07. The zero-order valence-electron chi connectivity index (χ0n) is 13.6. The molecule has 3 nitrogen and oxygen atoms in total. The van der Waals surface area contributed by atoms with Crippen LogP contribution in [0, 0.1) is 17.5 Å². The SMILES string of the molecule is O=C(CCOc1ccccc1F)N(Cc1ccc(F)cc1F)C1CC1. The summed E-state index contributed by atoms with van der Waals surface area (Å²) in [6, 6.07) is 9.39. The van der Waals surface area contributed by atoms with Gasteiger partial charge in [0.25, 0.3) is 0 Å². The molecule has 25 heavy (non-hydrogen) atoms. The molecule has 2 aromatic carbocycles. The quantitative estimate of drug-likeness (QED) is 0.754. The summed E-state index contributed by atoms with van der Waals surface area (Å²) in [4.78, 5) is 14.0. The van der Waals surface area contributed by atoms with E-state index in [0.29, 0.717) is 0 Å². The van der Waals surface area contributed by atoms with E-state index in [0.717, 1.165) is 18.9 Å². The fourth-order valence-electron chi connectivity index (χ4n) is 2.59. The Labute approximate surface area is 144 Å². The number of carbonyl (C=O) groups excluding carboxylic acids is 1. The molecule has 0 unspecified atom stereocenters. The van der Waals surface area contributed by atoms with Crippen molar-refractivity contribution in [1.82, 2.24) is 4.90 Å². The largest absolute Gasteiger partial charge is 0.490 e. The van der Waals surface area contributed by atoms with Gasteiger partial charge in [-0.3, -0.25) is 4.79 Å². The third kappa shape index (κ3) is 4.53. The molecule has 1 fully saturated rings. The molecule has 1 saturated carbocycles. The van der Waals surface area contributed by atoms with E-state index in [2.05, 4.69) is 0 Å². The Morgan fingerprint density at radius 1 is 1.08 bits per heavy atom. The monoisotopic (exact) mass is 349 g/mol.